The summed E-state index contributed by atoms with van der Waals surface area (Å²) in [7, 11) is 0. The molecule has 0 fully saturated rings. The van der Waals surface area contributed by atoms with E-state index in [1.807, 2.05) is 36.4 Å². The van der Waals surface area contributed by atoms with Crippen molar-refractivity contribution in [3.05, 3.63) is 209 Å². The van der Waals surface area contributed by atoms with E-state index in [0.717, 1.165) is 16.7 Å². The molecule has 1 unspecified atom stereocenters. The van der Waals surface area contributed by atoms with Crippen molar-refractivity contribution in [2.75, 3.05) is 0 Å². The van der Waals surface area contributed by atoms with Crippen LogP contribution >= 0.6 is 0 Å². The van der Waals surface area contributed by atoms with E-state index in [9.17, 15) is 0 Å². The first kappa shape index (κ1) is 29.2. The first-order chi connectivity index (χ1) is 25.3. The molecule has 7 aromatic carbocycles. The van der Waals surface area contributed by atoms with Crippen LogP contribution in [-0.2, 0) is 5.41 Å². The Labute approximate surface area is 297 Å². The maximum absolute atomic E-state index is 5.13. The Morgan fingerprint density at radius 3 is 1.43 bits per heavy atom. The Morgan fingerprint density at radius 2 is 0.765 bits per heavy atom. The van der Waals surface area contributed by atoms with Crippen LogP contribution in [0.2, 0.25) is 0 Å². The van der Waals surface area contributed by atoms with Crippen LogP contribution in [-0.4, -0.2) is 15.0 Å². The molecule has 0 saturated carbocycles. The van der Waals surface area contributed by atoms with Gasteiger partial charge in [-0.1, -0.05) is 176 Å². The average Bonchev–Trinajstić information content (AvgIpc) is 3.42. The second kappa shape index (κ2) is 11.7. The quantitative estimate of drug-likeness (QED) is 0.190. The predicted molar refractivity (Wildman–Crippen MR) is 208 cm³/mol. The molecule has 3 heteroatoms. The van der Waals surface area contributed by atoms with Crippen LogP contribution in [0.3, 0.4) is 0 Å². The van der Waals surface area contributed by atoms with Crippen LogP contribution in [0.25, 0.3) is 68.6 Å². The van der Waals surface area contributed by atoms with Crippen molar-refractivity contribution in [2.45, 2.75) is 5.41 Å². The molecule has 0 radical (unpaired) electrons. The molecule has 1 spiro atoms. The van der Waals surface area contributed by atoms with Gasteiger partial charge in [-0.15, -0.1) is 0 Å². The lowest BCUT2D eigenvalue weighted by molar-refractivity contribution is 0.766. The Bertz CT molecular complexity index is 2570. The molecule has 3 nitrogen and oxygen atoms in total. The molecule has 10 rings (SSSR count). The van der Waals surface area contributed by atoms with Gasteiger partial charge in [0.15, 0.2) is 17.5 Å². The van der Waals surface area contributed by atoms with Gasteiger partial charge in [0.1, 0.15) is 0 Å². The maximum Gasteiger partial charge on any atom is 0.164 e. The van der Waals surface area contributed by atoms with Crippen molar-refractivity contribution in [2.24, 2.45) is 0 Å². The number of aromatic nitrogens is 3. The topological polar surface area (TPSA) is 38.7 Å². The van der Waals surface area contributed by atoms with Crippen LogP contribution < -0.4 is 0 Å². The third-order valence-electron chi connectivity index (χ3n) is 10.4. The fourth-order valence-electron chi connectivity index (χ4n) is 8.08. The van der Waals surface area contributed by atoms with E-state index in [4.69, 9.17) is 15.0 Å². The van der Waals surface area contributed by atoms with Gasteiger partial charge in [0.05, 0.1) is 5.41 Å². The average molecular weight is 650 g/mol. The van der Waals surface area contributed by atoms with E-state index in [2.05, 4.69) is 152 Å². The van der Waals surface area contributed by atoms with Gasteiger partial charge >= 0.3 is 0 Å². The van der Waals surface area contributed by atoms with Crippen LogP contribution in [0.1, 0.15) is 33.4 Å². The lowest BCUT2D eigenvalue weighted by Gasteiger charge is -2.35. The second-order valence-corrected chi connectivity index (χ2v) is 13.2. The highest BCUT2D eigenvalue weighted by molar-refractivity contribution is 5.93. The Morgan fingerprint density at radius 1 is 0.294 bits per heavy atom. The molecule has 0 amide bonds. The molecule has 8 aromatic rings. The van der Waals surface area contributed by atoms with E-state index in [1.165, 1.54) is 55.6 Å². The normalized spacial score (nSPS) is 15.1. The number of hydrogen-bond donors (Lipinski definition) is 0. The number of rotatable bonds is 4. The molecule has 1 atom stereocenters. The van der Waals surface area contributed by atoms with Gasteiger partial charge in [0.25, 0.3) is 0 Å². The van der Waals surface area contributed by atoms with Crippen LogP contribution in [0.15, 0.2) is 176 Å². The van der Waals surface area contributed by atoms with Crippen molar-refractivity contribution >= 4 is 12.2 Å². The van der Waals surface area contributed by atoms with Crippen molar-refractivity contribution < 1.29 is 0 Å². The fraction of sp³-hybridized carbons (Fsp3) is 0.0208. The minimum Gasteiger partial charge on any atom is -0.208 e. The number of hydrogen-bond acceptors (Lipinski definition) is 3. The standard InChI is InChI=1S/C48H31N3/c1-4-14-32(15-5-1)37-27-26-34-25-24-33-16-10-12-22-41(33)48(43(34)30-37)42-23-13-11-21-39(42)40-29-28-38(31-44(40)48)47-50-45(35-17-6-2-7-18-35)49-46(51-47)36-19-8-3-9-20-36/h1-31H. The second-order valence-electron chi connectivity index (χ2n) is 13.2. The predicted octanol–water partition coefficient (Wildman–Crippen LogP) is 11.4. The third kappa shape index (κ3) is 4.63. The molecular formula is C48H31N3. The summed E-state index contributed by atoms with van der Waals surface area (Å²) in [5.41, 5.74) is 14.6. The van der Waals surface area contributed by atoms with Gasteiger partial charge in [-0.3, -0.25) is 0 Å². The Kier molecular flexibility index (Phi) is 6.71. The van der Waals surface area contributed by atoms with E-state index in [1.54, 1.807) is 0 Å². The fourth-order valence-corrected chi connectivity index (χ4v) is 8.08. The Hall–Kier alpha value is -6.71. The van der Waals surface area contributed by atoms with E-state index >= 15 is 0 Å². The number of benzene rings is 7. The zero-order chi connectivity index (χ0) is 33.8. The molecule has 0 aliphatic heterocycles. The minimum atomic E-state index is -0.584. The van der Waals surface area contributed by atoms with Crippen molar-refractivity contribution in [1.82, 2.24) is 15.0 Å². The minimum absolute atomic E-state index is 0.584. The highest BCUT2D eigenvalue weighted by Crippen LogP contribution is 2.59. The van der Waals surface area contributed by atoms with E-state index in [-0.39, 0.29) is 0 Å². The molecule has 0 N–H and O–H groups in total. The van der Waals surface area contributed by atoms with Crippen LogP contribution in [0, 0.1) is 0 Å². The van der Waals surface area contributed by atoms with Gasteiger partial charge in [0, 0.05) is 16.7 Å². The lowest BCUT2D eigenvalue weighted by atomic mass is 9.65. The first-order valence-electron chi connectivity index (χ1n) is 17.4. The molecule has 1 heterocycles. The van der Waals surface area contributed by atoms with Crippen LogP contribution in [0.5, 0.6) is 0 Å². The zero-order valence-corrected chi connectivity index (χ0v) is 27.7. The molecule has 2 aliphatic carbocycles. The summed E-state index contributed by atoms with van der Waals surface area (Å²) in [6.45, 7) is 0. The molecule has 2 aliphatic rings. The molecular weight excluding hydrogens is 619 g/mol. The van der Waals surface area contributed by atoms with Gasteiger partial charge in [-0.2, -0.15) is 0 Å². The summed E-state index contributed by atoms with van der Waals surface area (Å²) >= 11 is 0. The molecule has 0 bridgehead atoms. The highest BCUT2D eigenvalue weighted by Gasteiger charge is 2.48. The summed E-state index contributed by atoms with van der Waals surface area (Å²) in [4.78, 5) is 15.2. The summed E-state index contributed by atoms with van der Waals surface area (Å²) < 4.78 is 0. The van der Waals surface area contributed by atoms with Crippen molar-refractivity contribution in [3.63, 3.8) is 0 Å². The molecule has 1 aromatic heterocycles. The van der Waals surface area contributed by atoms with Gasteiger partial charge in [-0.05, 0) is 67.8 Å². The number of fused-ring (bicyclic) bond motifs is 9. The zero-order valence-electron chi connectivity index (χ0n) is 27.7. The summed E-state index contributed by atoms with van der Waals surface area (Å²) in [5.74, 6) is 1.95. The van der Waals surface area contributed by atoms with E-state index < -0.39 is 5.41 Å². The smallest absolute Gasteiger partial charge is 0.164 e. The SMILES string of the molecule is C1=Cc2ccc(-c3ccccc3)cc2C2(c3ccccc31)c1ccccc1-c1ccc(-c3nc(-c4ccccc4)nc(-c4ccccc4)n3)cc12. The van der Waals surface area contributed by atoms with Crippen LogP contribution in [0.4, 0.5) is 0 Å². The summed E-state index contributed by atoms with van der Waals surface area (Å²) in [6, 6.07) is 62.6. The largest absolute Gasteiger partial charge is 0.208 e. The van der Waals surface area contributed by atoms with Gasteiger partial charge in [-0.25, -0.2) is 15.0 Å². The van der Waals surface area contributed by atoms with Crippen molar-refractivity contribution in [1.29, 1.82) is 0 Å². The number of nitrogens with zero attached hydrogens (tertiary/aromatic N) is 3. The van der Waals surface area contributed by atoms with Gasteiger partial charge in [0.2, 0.25) is 0 Å². The monoisotopic (exact) mass is 649 g/mol. The summed E-state index contributed by atoms with van der Waals surface area (Å²) in [6.07, 6.45) is 4.56. The lowest BCUT2D eigenvalue weighted by Crippen LogP contribution is -2.30. The highest BCUT2D eigenvalue weighted by atomic mass is 15.0. The third-order valence-corrected chi connectivity index (χ3v) is 10.4. The maximum atomic E-state index is 5.13. The Balaban J connectivity index is 1.27. The van der Waals surface area contributed by atoms with Gasteiger partial charge < -0.3 is 0 Å². The summed E-state index contributed by atoms with van der Waals surface area (Å²) in [5, 5.41) is 0. The molecule has 238 valence electrons. The molecule has 51 heavy (non-hydrogen) atoms. The first-order valence-corrected chi connectivity index (χ1v) is 17.4. The molecule has 0 saturated heterocycles. The van der Waals surface area contributed by atoms with E-state index in [0.29, 0.717) is 17.5 Å². The van der Waals surface area contributed by atoms with Crippen molar-refractivity contribution in [3.8, 4) is 56.4 Å².